The van der Waals surface area contributed by atoms with Crippen LogP contribution in [0, 0.1) is 6.92 Å². The van der Waals surface area contributed by atoms with E-state index in [2.05, 4.69) is 20.1 Å². The highest BCUT2D eigenvalue weighted by Crippen LogP contribution is 2.38. The molecule has 2 aromatic rings. The van der Waals surface area contributed by atoms with E-state index < -0.39 is 0 Å². The number of nitrogens with zero attached hydrogens (tertiary/aromatic N) is 6. The average Bonchev–Trinajstić information content (AvgIpc) is 3.29. The predicted octanol–water partition coefficient (Wildman–Crippen LogP) is 1.52. The summed E-state index contributed by atoms with van der Waals surface area (Å²) in [6.07, 6.45) is 7.50. The highest BCUT2D eigenvalue weighted by Gasteiger charge is 2.34. The van der Waals surface area contributed by atoms with E-state index in [0.29, 0.717) is 24.9 Å². The van der Waals surface area contributed by atoms with Crippen LogP contribution >= 0.6 is 0 Å². The molecule has 1 atom stereocenters. The Labute approximate surface area is 152 Å². The van der Waals surface area contributed by atoms with Crippen molar-refractivity contribution < 1.29 is 9.32 Å². The van der Waals surface area contributed by atoms with Gasteiger partial charge in [-0.3, -0.25) is 14.4 Å². The van der Waals surface area contributed by atoms with E-state index in [1.54, 1.807) is 17.0 Å². The molecule has 4 rings (SSSR count). The van der Waals surface area contributed by atoms with Crippen molar-refractivity contribution in [2.75, 3.05) is 26.7 Å². The fraction of sp³-hybridized carbons (Fsp3) is 0.556. The summed E-state index contributed by atoms with van der Waals surface area (Å²) >= 11 is 0. The Bertz CT molecular complexity index is 835. The van der Waals surface area contributed by atoms with Gasteiger partial charge in [0.15, 0.2) is 5.82 Å². The lowest BCUT2D eigenvalue weighted by molar-refractivity contribution is -0.128. The number of aryl methyl sites for hydroxylation is 1. The molecule has 1 saturated heterocycles. The standard InChI is InChI=1S/C18H24N6O2/c1-12-14(10-19-23(12)3)6-7-16(25)24-9-8-22(2)15(11-24)18-20-17(21-26-18)13-4-5-13/h6-7,10,13,15H,4-5,8-9,11H2,1-3H3/b7-6+. The second-order valence-electron chi connectivity index (χ2n) is 7.19. The van der Waals surface area contributed by atoms with E-state index in [0.717, 1.165) is 36.5 Å². The maximum absolute atomic E-state index is 12.6. The van der Waals surface area contributed by atoms with Crippen molar-refractivity contribution in [3.05, 3.63) is 35.2 Å². The van der Waals surface area contributed by atoms with Gasteiger partial charge in [-0.2, -0.15) is 10.1 Å². The first-order valence-corrected chi connectivity index (χ1v) is 9.02. The van der Waals surface area contributed by atoms with Crippen LogP contribution in [0.2, 0.25) is 0 Å². The van der Waals surface area contributed by atoms with Crippen LogP contribution in [0.4, 0.5) is 0 Å². The van der Waals surface area contributed by atoms with Crippen LogP contribution in [0.1, 0.15) is 47.8 Å². The van der Waals surface area contributed by atoms with Gasteiger partial charge in [-0.15, -0.1) is 0 Å². The highest BCUT2D eigenvalue weighted by atomic mass is 16.5. The van der Waals surface area contributed by atoms with Crippen molar-refractivity contribution in [1.29, 1.82) is 0 Å². The Morgan fingerprint density at radius 1 is 1.31 bits per heavy atom. The number of likely N-dealkylation sites (N-methyl/N-ethyl adjacent to an activating group) is 1. The van der Waals surface area contributed by atoms with Gasteiger partial charge in [0.1, 0.15) is 6.04 Å². The second kappa shape index (κ2) is 6.68. The van der Waals surface area contributed by atoms with Gasteiger partial charge in [0.2, 0.25) is 11.8 Å². The largest absolute Gasteiger partial charge is 0.338 e. The zero-order chi connectivity index (χ0) is 18.3. The summed E-state index contributed by atoms with van der Waals surface area (Å²) in [7, 11) is 3.92. The maximum Gasteiger partial charge on any atom is 0.246 e. The van der Waals surface area contributed by atoms with Gasteiger partial charge >= 0.3 is 0 Å². The van der Waals surface area contributed by atoms with E-state index in [4.69, 9.17) is 4.52 Å². The third-order valence-corrected chi connectivity index (χ3v) is 5.32. The monoisotopic (exact) mass is 356 g/mol. The molecule has 2 fully saturated rings. The molecule has 1 amide bonds. The Morgan fingerprint density at radius 2 is 2.12 bits per heavy atom. The molecule has 2 aliphatic rings. The maximum atomic E-state index is 12.6. The fourth-order valence-corrected chi connectivity index (χ4v) is 3.18. The van der Waals surface area contributed by atoms with Crippen LogP contribution in [0.15, 0.2) is 16.8 Å². The SMILES string of the molecule is Cc1c(/C=C/C(=O)N2CCN(C)C(c3nc(C4CC4)no3)C2)cnn1C. The smallest absolute Gasteiger partial charge is 0.246 e. The van der Waals surface area contributed by atoms with Gasteiger partial charge in [-0.1, -0.05) is 5.16 Å². The van der Waals surface area contributed by atoms with Gasteiger partial charge in [0.05, 0.1) is 6.20 Å². The van der Waals surface area contributed by atoms with Crippen LogP contribution in [0.3, 0.4) is 0 Å². The van der Waals surface area contributed by atoms with Crippen molar-refractivity contribution in [3.8, 4) is 0 Å². The Kier molecular flexibility index (Phi) is 4.36. The summed E-state index contributed by atoms with van der Waals surface area (Å²) in [5.41, 5.74) is 1.99. The number of hydrogen-bond donors (Lipinski definition) is 0. The lowest BCUT2D eigenvalue weighted by Gasteiger charge is -2.37. The number of aromatic nitrogens is 4. The van der Waals surface area contributed by atoms with Gasteiger partial charge in [0.25, 0.3) is 0 Å². The molecule has 26 heavy (non-hydrogen) atoms. The summed E-state index contributed by atoms with van der Waals surface area (Å²) in [4.78, 5) is 21.2. The number of rotatable bonds is 4. The molecule has 2 aromatic heterocycles. The fourth-order valence-electron chi connectivity index (χ4n) is 3.18. The van der Waals surface area contributed by atoms with Crippen molar-refractivity contribution in [1.82, 2.24) is 29.7 Å². The molecule has 8 heteroatoms. The lowest BCUT2D eigenvalue weighted by Crippen LogP contribution is -2.48. The van der Waals surface area contributed by atoms with Crippen LogP contribution in [-0.2, 0) is 11.8 Å². The van der Waals surface area contributed by atoms with Crippen molar-refractivity contribution in [2.45, 2.75) is 31.7 Å². The topological polar surface area (TPSA) is 80.3 Å². The minimum atomic E-state index is -0.0544. The van der Waals surface area contributed by atoms with E-state index in [1.165, 1.54) is 0 Å². The molecule has 0 bridgehead atoms. The minimum Gasteiger partial charge on any atom is -0.338 e. The summed E-state index contributed by atoms with van der Waals surface area (Å²) in [5.74, 6) is 1.88. The Morgan fingerprint density at radius 3 is 2.81 bits per heavy atom. The minimum absolute atomic E-state index is 0.00622. The molecule has 1 unspecified atom stereocenters. The van der Waals surface area contributed by atoms with Crippen molar-refractivity contribution in [3.63, 3.8) is 0 Å². The molecule has 0 radical (unpaired) electrons. The van der Waals surface area contributed by atoms with Gasteiger partial charge in [-0.25, -0.2) is 0 Å². The van der Waals surface area contributed by atoms with Crippen LogP contribution in [0.25, 0.3) is 6.08 Å². The van der Waals surface area contributed by atoms with Crippen molar-refractivity contribution >= 4 is 12.0 Å². The molecule has 138 valence electrons. The van der Waals surface area contributed by atoms with E-state index in [-0.39, 0.29) is 11.9 Å². The summed E-state index contributed by atoms with van der Waals surface area (Å²) < 4.78 is 7.28. The molecule has 8 nitrogen and oxygen atoms in total. The molecule has 3 heterocycles. The summed E-state index contributed by atoms with van der Waals surface area (Å²) in [6, 6.07) is -0.0544. The molecular formula is C18H24N6O2. The zero-order valence-corrected chi connectivity index (χ0v) is 15.4. The van der Waals surface area contributed by atoms with Crippen LogP contribution in [-0.4, -0.2) is 62.3 Å². The first-order valence-electron chi connectivity index (χ1n) is 9.02. The van der Waals surface area contributed by atoms with E-state index in [9.17, 15) is 4.79 Å². The molecular weight excluding hydrogens is 332 g/mol. The normalized spacial score (nSPS) is 21.7. The Hall–Kier alpha value is -2.48. The molecule has 1 aliphatic carbocycles. The lowest BCUT2D eigenvalue weighted by atomic mass is 10.1. The molecule has 1 aliphatic heterocycles. The molecule has 1 saturated carbocycles. The quantitative estimate of drug-likeness (QED) is 0.773. The molecule has 0 aromatic carbocycles. The van der Waals surface area contributed by atoms with Crippen molar-refractivity contribution in [2.24, 2.45) is 7.05 Å². The highest BCUT2D eigenvalue weighted by molar-refractivity contribution is 5.92. The molecule has 0 N–H and O–H groups in total. The number of hydrogen-bond acceptors (Lipinski definition) is 6. The number of piperazine rings is 1. The van der Waals surface area contributed by atoms with Crippen LogP contribution < -0.4 is 0 Å². The van der Waals surface area contributed by atoms with Crippen LogP contribution in [0.5, 0.6) is 0 Å². The second-order valence-corrected chi connectivity index (χ2v) is 7.19. The third-order valence-electron chi connectivity index (χ3n) is 5.32. The first kappa shape index (κ1) is 17.0. The van der Waals surface area contributed by atoms with E-state index >= 15 is 0 Å². The summed E-state index contributed by atoms with van der Waals surface area (Å²) in [6.45, 7) is 4.00. The Balaban J connectivity index is 1.44. The predicted molar refractivity (Wildman–Crippen MR) is 95.2 cm³/mol. The van der Waals surface area contributed by atoms with Gasteiger partial charge in [-0.05, 0) is 32.9 Å². The van der Waals surface area contributed by atoms with E-state index in [1.807, 2.05) is 32.0 Å². The zero-order valence-electron chi connectivity index (χ0n) is 15.4. The number of carbonyl (C=O) groups is 1. The first-order chi connectivity index (χ1) is 12.5. The average molecular weight is 356 g/mol. The number of amides is 1. The third kappa shape index (κ3) is 3.29. The van der Waals surface area contributed by atoms with Gasteiger partial charge < -0.3 is 9.42 Å². The number of carbonyl (C=O) groups excluding carboxylic acids is 1. The van der Waals surface area contributed by atoms with Gasteiger partial charge in [0, 0.05) is 49.9 Å². The summed E-state index contributed by atoms with van der Waals surface area (Å²) in [5, 5.41) is 8.30. The molecule has 0 spiro atoms.